The third-order valence-electron chi connectivity index (χ3n) is 2.39. The Hall–Kier alpha value is -0.890. The van der Waals surface area contributed by atoms with Crippen molar-refractivity contribution in [2.75, 3.05) is 0 Å². The fourth-order valence-electron chi connectivity index (χ4n) is 1.39. The number of nitrogens with zero attached hydrogens (tertiary/aromatic N) is 1. The van der Waals surface area contributed by atoms with E-state index in [4.69, 9.17) is 23.2 Å². The first-order valence-electron chi connectivity index (χ1n) is 4.97. The Balaban J connectivity index is 2.55. The van der Waals surface area contributed by atoms with Crippen molar-refractivity contribution in [3.63, 3.8) is 0 Å². The lowest BCUT2D eigenvalue weighted by Crippen LogP contribution is -2.26. The highest BCUT2D eigenvalue weighted by molar-refractivity contribution is 7.89. The van der Waals surface area contributed by atoms with Gasteiger partial charge in [0.05, 0.1) is 9.95 Å². The molecule has 0 heterocycles. The van der Waals surface area contributed by atoms with Crippen molar-refractivity contribution in [1.82, 2.24) is 4.72 Å². The van der Waals surface area contributed by atoms with Crippen molar-refractivity contribution in [3.8, 4) is 0 Å². The molecule has 0 saturated heterocycles. The normalized spacial score (nSPS) is 15.7. The maximum absolute atomic E-state index is 12.0. The zero-order chi connectivity index (χ0) is 13.5. The second-order valence-electron chi connectivity index (χ2n) is 3.86. The minimum Gasteiger partial charge on any atom is -0.258 e. The average Bonchev–Trinajstić information content (AvgIpc) is 2.99. The average molecular weight is 311 g/mol. The Morgan fingerprint density at radius 2 is 1.94 bits per heavy atom. The first-order chi connectivity index (χ1) is 8.33. The minimum absolute atomic E-state index is 0.138. The highest BCUT2D eigenvalue weighted by Crippen LogP contribution is 2.37. The van der Waals surface area contributed by atoms with Gasteiger partial charge >= 0.3 is 0 Å². The third kappa shape index (κ3) is 2.59. The summed E-state index contributed by atoms with van der Waals surface area (Å²) in [5.74, 6) is 0. The number of nitrogens with one attached hydrogen (secondary N) is 1. The maximum Gasteiger partial charge on any atom is 0.289 e. The van der Waals surface area contributed by atoms with Crippen molar-refractivity contribution >= 4 is 38.9 Å². The molecular formula is C9H8Cl2N2O4S. The molecule has 1 aromatic rings. The number of hydrogen-bond acceptors (Lipinski definition) is 4. The molecule has 0 spiro atoms. The van der Waals surface area contributed by atoms with Crippen LogP contribution in [0.5, 0.6) is 0 Å². The van der Waals surface area contributed by atoms with Crippen LogP contribution in [-0.2, 0) is 10.0 Å². The Bertz CT molecular complexity index is 613. The van der Waals surface area contributed by atoms with E-state index in [1.807, 2.05) is 0 Å². The van der Waals surface area contributed by atoms with Gasteiger partial charge in [0, 0.05) is 12.1 Å². The van der Waals surface area contributed by atoms with Crippen LogP contribution in [0.2, 0.25) is 10.0 Å². The van der Waals surface area contributed by atoms with Crippen LogP contribution in [0, 0.1) is 10.1 Å². The molecule has 0 atom stereocenters. The molecule has 1 fully saturated rings. The van der Waals surface area contributed by atoms with Crippen molar-refractivity contribution < 1.29 is 13.3 Å². The van der Waals surface area contributed by atoms with Gasteiger partial charge in [0.15, 0.2) is 0 Å². The number of nitro benzene ring substituents is 1. The van der Waals surface area contributed by atoms with Gasteiger partial charge in [-0.1, -0.05) is 23.2 Å². The van der Waals surface area contributed by atoms with E-state index in [0.717, 1.165) is 25.0 Å². The predicted molar refractivity (Wildman–Crippen MR) is 66.5 cm³/mol. The van der Waals surface area contributed by atoms with Gasteiger partial charge in [0.1, 0.15) is 9.92 Å². The molecule has 6 nitrogen and oxygen atoms in total. The van der Waals surface area contributed by atoms with Crippen LogP contribution in [0.3, 0.4) is 0 Å². The monoisotopic (exact) mass is 310 g/mol. The molecule has 0 amide bonds. The molecule has 0 unspecified atom stereocenters. The van der Waals surface area contributed by atoms with E-state index in [0.29, 0.717) is 0 Å². The molecule has 98 valence electrons. The van der Waals surface area contributed by atoms with Gasteiger partial charge < -0.3 is 0 Å². The van der Waals surface area contributed by atoms with Gasteiger partial charge in [-0.25, -0.2) is 13.1 Å². The van der Waals surface area contributed by atoms with Crippen LogP contribution in [0.4, 0.5) is 5.69 Å². The molecule has 2 rings (SSSR count). The largest absolute Gasteiger partial charge is 0.289 e. The summed E-state index contributed by atoms with van der Waals surface area (Å²) >= 11 is 11.5. The van der Waals surface area contributed by atoms with E-state index in [1.54, 1.807) is 0 Å². The van der Waals surface area contributed by atoms with E-state index in [9.17, 15) is 18.5 Å². The third-order valence-corrected chi connectivity index (χ3v) is 4.92. The molecule has 1 N–H and O–H groups in total. The van der Waals surface area contributed by atoms with E-state index < -0.39 is 30.6 Å². The SMILES string of the molecule is O=[N+]([O-])c1ccc(Cl)c(S(=O)(=O)NC2CC2)c1Cl. The van der Waals surface area contributed by atoms with Gasteiger partial charge in [0.2, 0.25) is 10.0 Å². The Kier molecular flexibility index (Phi) is 3.50. The van der Waals surface area contributed by atoms with E-state index in [1.165, 1.54) is 0 Å². The first kappa shape index (κ1) is 13.5. The highest BCUT2D eigenvalue weighted by atomic mass is 35.5. The van der Waals surface area contributed by atoms with E-state index in [-0.39, 0.29) is 11.1 Å². The van der Waals surface area contributed by atoms with Crippen molar-refractivity contribution in [2.45, 2.75) is 23.8 Å². The number of nitro groups is 1. The summed E-state index contributed by atoms with van der Waals surface area (Å²) in [7, 11) is -3.93. The van der Waals surface area contributed by atoms with Gasteiger partial charge in [-0.3, -0.25) is 10.1 Å². The molecular weight excluding hydrogens is 303 g/mol. The fourth-order valence-corrected chi connectivity index (χ4v) is 3.90. The molecule has 0 aliphatic heterocycles. The van der Waals surface area contributed by atoms with Crippen LogP contribution < -0.4 is 4.72 Å². The summed E-state index contributed by atoms with van der Waals surface area (Å²) in [4.78, 5) is 9.52. The topological polar surface area (TPSA) is 89.3 Å². The molecule has 1 aliphatic carbocycles. The highest BCUT2D eigenvalue weighted by Gasteiger charge is 2.33. The second kappa shape index (κ2) is 4.65. The Morgan fingerprint density at radius 1 is 1.33 bits per heavy atom. The molecule has 18 heavy (non-hydrogen) atoms. The lowest BCUT2D eigenvalue weighted by molar-refractivity contribution is -0.384. The number of hydrogen-bond donors (Lipinski definition) is 1. The molecule has 1 saturated carbocycles. The van der Waals surface area contributed by atoms with Crippen LogP contribution in [0.25, 0.3) is 0 Å². The van der Waals surface area contributed by atoms with Gasteiger partial charge in [-0.15, -0.1) is 0 Å². The van der Waals surface area contributed by atoms with Crippen LogP contribution in [0.15, 0.2) is 17.0 Å². The lowest BCUT2D eigenvalue weighted by atomic mass is 10.3. The fraction of sp³-hybridized carbons (Fsp3) is 0.333. The van der Waals surface area contributed by atoms with Crippen LogP contribution >= 0.6 is 23.2 Å². The number of rotatable bonds is 4. The van der Waals surface area contributed by atoms with Gasteiger partial charge in [-0.05, 0) is 18.9 Å². The first-order valence-corrected chi connectivity index (χ1v) is 7.21. The smallest absolute Gasteiger partial charge is 0.258 e. The Labute approximate surface area is 113 Å². The van der Waals surface area contributed by atoms with Crippen LogP contribution in [0.1, 0.15) is 12.8 Å². The lowest BCUT2D eigenvalue weighted by Gasteiger charge is -2.09. The second-order valence-corrected chi connectivity index (χ2v) is 6.30. The molecule has 0 bridgehead atoms. The standard InChI is InChI=1S/C9H8Cl2N2O4S/c10-6-3-4-7(13(14)15)8(11)9(6)18(16,17)12-5-1-2-5/h3-5,12H,1-2H2. The number of benzene rings is 1. The predicted octanol–water partition coefficient (Wildman–Crippen LogP) is 2.34. The Morgan fingerprint density at radius 3 is 2.44 bits per heavy atom. The zero-order valence-electron chi connectivity index (χ0n) is 8.89. The van der Waals surface area contributed by atoms with Crippen molar-refractivity contribution in [1.29, 1.82) is 0 Å². The van der Waals surface area contributed by atoms with Crippen molar-refractivity contribution in [3.05, 3.63) is 32.3 Å². The summed E-state index contributed by atoms with van der Waals surface area (Å²) in [6.07, 6.45) is 1.48. The maximum atomic E-state index is 12.0. The molecule has 9 heteroatoms. The van der Waals surface area contributed by atoms with Gasteiger partial charge in [-0.2, -0.15) is 0 Å². The molecule has 1 aromatic carbocycles. The summed E-state index contributed by atoms with van der Waals surface area (Å²) < 4.78 is 26.4. The number of halogens is 2. The van der Waals surface area contributed by atoms with E-state index >= 15 is 0 Å². The molecule has 0 radical (unpaired) electrons. The summed E-state index contributed by atoms with van der Waals surface area (Å²) in [6.45, 7) is 0. The zero-order valence-corrected chi connectivity index (χ0v) is 11.2. The number of sulfonamides is 1. The summed E-state index contributed by atoms with van der Waals surface area (Å²) in [5.41, 5.74) is -0.489. The van der Waals surface area contributed by atoms with Gasteiger partial charge in [0.25, 0.3) is 5.69 Å². The molecule has 1 aliphatic rings. The quantitative estimate of drug-likeness (QED) is 0.682. The van der Waals surface area contributed by atoms with E-state index in [2.05, 4.69) is 4.72 Å². The van der Waals surface area contributed by atoms with Crippen molar-refractivity contribution in [2.24, 2.45) is 0 Å². The minimum atomic E-state index is -3.93. The summed E-state index contributed by atoms with van der Waals surface area (Å²) in [5, 5.41) is 10.1. The molecule has 0 aromatic heterocycles. The van der Waals surface area contributed by atoms with Crippen LogP contribution in [-0.4, -0.2) is 19.4 Å². The summed E-state index contributed by atoms with van der Waals surface area (Å²) in [6, 6.07) is 2.08.